The number of carbonyl (C=O) groups excluding carboxylic acids is 1. The first-order valence-corrected chi connectivity index (χ1v) is 5.62. The number of nitrogens with one attached hydrogen (secondary N) is 1. The van der Waals surface area contributed by atoms with Crippen LogP contribution in [0.3, 0.4) is 0 Å². The van der Waals surface area contributed by atoms with Crippen LogP contribution in [0.2, 0.25) is 0 Å². The first kappa shape index (κ1) is 12.3. The average Bonchev–Trinajstić information content (AvgIpc) is 2.34. The van der Waals surface area contributed by atoms with Crippen LogP contribution >= 0.6 is 0 Å². The van der Waals surface area contributed by atoms with Crippen LogP contribution in [0.4, 0.5) is 4.39 Å². The van der Waals surface area contributed by atoms with Gasteiger partial charge in [-0.3, -0.25) is 9.59 Å². The van der Waals surface area contributed by atoms with Gasteiger partial charge in [-0.25, -0.2) is 4.39 Å². The molecule has 1 aromatic heterocycles. The number of fused-ring (bicyclic) bond motifs is 1. The average molecular weight is 248 g/mol. The minimum atomic E-state index is -0.467. The van der Waals surface area contributed by atoms with Crippen LogP contribution < -0.4 is 10.9 Å². The maximum Gasteiger partial charge on any atom is 0.268 e. The lowest BCUT2D eigenvalue weighted by molar-refractivity contribution is 0.0946. The lowest BCUT2D eigenvalue weighted by atomic mass is 10.1. The van der Waals surface area contributed by atoms with E-state index in [2.05, 4.69) is 5.32 Å². The number of amides is 1. The van der Waals surface area contributed by atoms with Gasteiger partial charge in [0.05, 0.1) is 5.39 Å². The molecule has 2 aromatic rings. The van der Waals surface area contributed by atoms with Crippen molar-refractivity contribution in [1.29, 1.82) is 0 Å². The summed E-state index contributed by atoms with van der Waals surface area (Å²) in [6.45, 7) is 2.28. The van der Waals surface area contributed by atoms with Crippen LogP contribution in [0.1, 0.15) is 17.4 Å². The molecule has 0 aliphatic carbocycles. The van der Waals surface area contributed by atoms with Gasteiger partial charge in [-0.15, -0.1) is 0 Å². The van der Waals surface area contributed by atoms with Gasteiger partial charge in [0.15, 0.2) is 0 Å². The standard InChI is InChI=1S/C13H13FN2O2/c1-3-15-12(17)11-6-8-4-5-9(14)7-10(8)13(18)16(11)2/h4-7H,3H2,1-2H3,(H,15,17). The van der Waals surface area contributed by atoms with Crippen molar-refractivity contribution in [2.45, 2.75) is 6.92 Å². The molecule has 1 N–H and O–H groups in total. The zero-order valence-electron chi connectivity index (χ0n) is 10.2. The summed E-state index contributed by atoms with van der Waals surface area (Å²) in [5, 5.41) is 3.46. The predicted molar refractivity (Wildman–Crippen MR) is 67.2 cm³/mol. The van der Waals surface area contributed by atoms with E-state index in [4.69, 9.17) is 0 Å². The van der Waals surface area contributed by atoms with E-state index in [1.54, 1.807) is 13.0 Å². The molecular weight excluding hydrogens is 235 g/mol. The Hall–Kier alpha value is -2.17. The Morgan fingerprint density at radius 2 is 2.11 bits per heavy atom. The fourth-order valence-corrected chi connectivity index (χ4v) is 1.84. The van der Waals surface area contributed by atoms with Crippen molar-refractivity contribution >= 4 is 16.7 Å². The molecule has 94 valence electrons. The van der Waals surface area contributed by atoms with Crippen molar-refractivity contribution in [3.63, 3.8) is 0 Å². The topological polar surface area (TPSA) is 51.1 Å². The number of rotatable bonds is 2. The summed E-state index contributed by atoms with van der Waals surface area (Å²) >= 11 is 0. The largest absolute Gasteiger partial charge is 0.351 e. The molecule has 0 fully saturated rings. The molecule has 0 spiro atoms. The first-order chi connectivity index (χ1) is 8.54. The van der Waals surface area contributed by atoms with E-state index in [0.29, 0.717) is 11.9 Å². The molecule has 0 unspecified atom stereocenters. The van der Waals surface area contributed by atoms with Crippen molar-refractivity contribution in [2.24, 2.45) is 7.05 Å². The molecule has 0 aliphatic rings. The number of hydrogen-bond donors (Lipinski definition) is 1. The van der Waals surface area contributed by atoms with E-state index >= 15 is 0 Å². The second kappa shape index (κ2) is 4.60. The summed E-state index contributed by atoms with van der Waals surface area (Å²) in [6.07, 6.45) is 0. The van der Waals surface area contributed by atoms with Gasteiger partial charge in [-0.1, -0.05) is 6.07 Å². The third-order valence-electron chi connectivity index (χ3n) is 2.77. The Bertz CT molecular complexity index is 676. The van der Waals surface area contributed by atoms with E-state index in [9.17, 15) is 14.0 Å². The van der Waals surface area contributed by atoms with Crippen LogP contribution in [-0.4, -0.2) is 17.0 Å². The highest BCUT2D eigenvalue weighted by Gasteiger charge is 2.12. The Labute approximate surface area is 103 Å². The molecule has 0 bridgehead atoms. The maximum absolute atomic E-state index is 13.1. The fourth-order valence-electron chi connectivity index (χ4n) is 1.84. The van der Waals surface area contributed by atoms with Gasteiger partial charge in [0.1, 0.15) is 11.5 Å². The lowest BCUT2D eigenvalue weighted by Crippen LogP contribution is -2.30. The fraction of sp³-hybridized carbons (Fsp3) is 0.231. The van der Waals surface area contributed by atoms with Crippen molar-refractivity contribution in [2.75, 3.05) is 6.54 Å². The quantitative estimate of drug-likeness (QED) is 0.874. The van der Waals surface area contributed by atoms with Gasteiger partial charge in [-0.2, -0.15) is 0 Å². The van der Waals surface area contributed by atoms with E-state index in [0.717, 1.165) is 0 Å². The number of aromatic nitrogens is 1. The normalized spacial score (nSPS) is 10.6. The minimum Gasteiger partial charge on any atom is -0.351 e. The SMILES string of the molecule is CCNC(=O)c1cc2ccc(F)cc2c(=O)n1C. The molecule has 0 saturated carbocycles. The van der Waals surface area contributed by atoms with E-state index in [1.807, 2.05) is 0 Å². The molecule has 1 amide bonds. The van der Waals surface area contributed by atoms with Crippen LogP contribution in [-0.2, 0) is 7.05 Å². The third kappa shape index (κ3) is 1.99. The Balaban J connectivity index is 2.72. The zero-order chi connectivity index (χ0) is 13.3. The Kier molecular flexibility index (Phi) is 3.14. The number of halogens is 1. The van der Waals surface area contributed by atoms with Gasteiger partial charge in [-0.05, 0) is 30.5 Å². The monoisotopic (exact) mass is 248 g/mol. The highest BCUT2D eigenvalue weighted by molar-refractivity contribution is 5.96. The molecule has 0 atom stereocenters. The van der Waals surface area contributed by atoms with Crippen molar-refractivity contribution in [1.82, 2.24) is 9.88 Å². The van der Waals surface area contributed by atoms with Crippen molar-refractivity contribution in [3.8, 4) is 0 Å². The first-order valence-electron chi connectivity index (χ1n) is 5.62. The molecule has 0 aliphatic heterocycles. The number of carbonyl (C=O) groups is 1. The number of hydrogen-bond acceptors (Lipinski definition) is 2. The summed E-state index contributed by atoms with van der Waals surface area (Å²) in [4.78, 5) is 23.8. The maximum atomic E-state index is 13.1. The molecule has 4 nitrogen and oxygen atoms in total. The summed E-state index contributed by atoms with van der Waals surface area (Å²) in [5.41, 5.74) is -0.116. The van der Waals surface area contributed by atoms with E-state index in [1.165, 1.54) is 29.8 Å². The second-order valence-corrected chi connectivity index (χ2v) is 3.98. The minimum absolute atomic E-state index is 0.265. The molecular formula is C13H13FN2O2. The van der Waals surface area contributed by atoms with Crippen LogP contribution in [0.5, 0.6) is 0 Å². The van der Waals surface area contributed by atoms with Gasteiger partial charge in [0.2, 0.25) is 0 Å². The highest BCUT2D eigenvalue weighted by atomic mass is 19.1. The van der Waals surface area contributed by atoms with Crippen molar-refractivity contribution in [3.05, 3.63) is 46.1 Å². The molecule has 1 heterocycles. The van der Waals surface area contributed by atoms with E-state index < -0.39 is 5.82 Å². The summed E-state index contributed by atoms with van der Waals surface area (Å²) in [5.74, 6) is -0.784. The van der Waals surface area contributed by atoms with Crippen LogP contribution in [0.25, 0.3) is 10.8 Å². The molecule has 0 saturated heterocycles. The molecule has 0 radical (unpaired) electrons. The van der Waals surface area contributed by atoms with Gasteiger partial charge < -0.3 is 9.88 Å². The third-order valence-corrected chi connectivity index (χ3v) is 2.77. The second-order valence-electron chi connectivity index (χ2n) is 3.98. The zero-order valence-corrected chi connectivity index (χ0v) is 10.2. The van der Waals surface area contributed by atoms with Crippen LogP contribution in [0.15, 0.2) is 29.1 Å². The lowest BCUT2D eigenvalue weighted by Gasteiger charge is -2.09. The summed E-state index contributed by atoms with van der Waals surface area (Å²) in [6, 6.07) is 5.53. The number of benzene rings is 1. The molecule has 1 aromatic carbocycles. The number of pyridine rings is 1. The molecule has 2 rings (SSSR count). The summed E-state index contributed by atoms with van der Waals surface area (Å²) in [7, 11) is 1.50. The van der Waals surface area contributed by atoms with Crippen LogP contribution in [0, 0.1) is 5.82 Å². The Morgan fingerprint density at radius 3 is 2.78 bits per heavy atom. The van der Waals surface area contributed by atoms with Crippen molar-refractivity contribution < 1.29 is 9.18 Å². The van der Waals surface area contributed by atoms with Gasteiger partial charge >= 0.3 is 0 Å². The van der Waals surface area contributed by atoms with E-state index in [-0.39, 0.29) is 22.5 Å². The Morgan fingerprint density at radius 1 is 1.39 bits per heavy atom. The molecule has 18 heavy (non-hydrogen) atoms. The predicted octanol–water partition coefficient (Wildman–Crippen LogP) is 1.43. The summed E-state index contributed by atoms with van der Waals surface area (Å²) < 4.78 is 14.3. The smallest absolute Gasteiger partial charge is 0.268 e. The highest BCUT2D eigenvalue weighted by Crippen LogP contribution is 2.13. The molecule has 5 heteroatoms. The van der Waals surface area contributed by atoms with Gasteiger partial charge in [0.25, 0.3) is 11.5 Å². The number of nitrogens with zero attached hydrogens (tertiary/aromatic N) is 1. The van der Waals surface area contributed by atoms with Gasteiger partial charge in [0, 0.05) is 13.6 Å².